The van der Waals surface area contributed by atoms with Gasteiger partial charge in [0, 0.05) is 0 Å². The predicted molar refractivity (Wildman–Crippen MR) is 213 cm³/mol. The van der Waals surface area contributed by atoms with Gasteiger partial charge in [0.15, 0.2) is 0 Å². The largest absolute Gasteiger partial charge is 0.480 e. The molecule has 61 heavy (non-hydrogen) atoms. The number of hydrogen-bond acceptors (Lipinski definition) is 15. The quantitative estimate of drug-likeness (QED) is 0.0341. The molecule has 0 saturated carbocycles. The van der Waals surface area contributed by atoms with Crippen molar-refractivity contribution in [2.24, 2.45) is 11.5 Å². The van der Waals surface area contributed by atoms with E-state index >= 15 is 0 Å². The number of nitrogens with one attached hydrogen (secondary N) is 10. The molecule has 346 valence electrons. The molecule has 0 spiro atoms. The normalized spacial score (nSPS) is 15.7. The molecule has 0 aliphatic carbocycles. The van der Waals surface area contributed by atoms with E-state index in [1.165, 1.54) is 48.5 Å². The lowest BCUT2D eigenvalue weighted by Gasteiger charge is -2.25. The van der Waals surface area contributed by atoms with Crippen molar-refractivity contribution >= 4 is 65.0 Å². The zero-order valence-electron chi connectivity index (χ0n) is 35.2. The summed E-state index contributed by atoms with van der Waals surface area (Å²) in [5.41, 5.74) is 10.8. The smallest absolute Gasteiger partial charge is 0.328 e. The molecule has 0 aliphatic heterocycles. The van der Waals surface area contributed by atoms with Gasteiger partial charge >= 0.3 is 5.97 Å². The van der Waals surface area contributed by atoms with E-state index in [1.807, 2.05) is 5.32 Å². The molecule has 0 aromatic rings. The number of rotatable bonds is 27. The summed E-state index contributed by atoms with van der Waals surface area (Å²) in [6, 6.07) is -13.0. The second-order valence-electron chi connectivity index (χ2n) is 14.0. The Balaban J connectivity index is 5.36. The number of unbranched alkanes of at least 4 members (excludes halogenated alkanes) is 1. The highest BCUT2D eigenvalue weighted by Crippen LogP contribution is 2.04. The number of carbonyl (C=O) groups excluding carboxylic acids is 10. The van der Waals surface area contributed by atoms with Crippen LogP contribution in [0.15, 0.2) is 0 Å². The zero-order valence-corrected chi connectivity index (χ0v) is 35.2. The van der Waals surface area contributed by atoms with Gasteiger partial charge in [-0.25, -0.2) is 4.79 Å². The minimum atomic E-state index is -1.63. The maximum absolute atomic E-state index is 13.3. The molecule has 0 radical (unpaired) electrons. The number of carbonyl (C=O) groups is 11. The fraction of sp³-hybridized carbons (Fsp3) is 0.686. The molecule has 0 bridgehead atoms. The Morgan fingerprint density at radius 2 is 0.672 bits per heavy atom. The van der Waals surface area contributed by atoms with Crippen LogP contribution in [0.4, 0.5) is 0 Å². The van der Waals surface area contributed by atoms with Crippen LogP contribution < -0.4 is 64.6 Å². The molecule has 0 aliphatic rings. The molecule has 17 N–H and O–H groups in total. The van der Waals surface area contributed by atoms with E-state index in [-0.39, 0.29) is 19.5 Å². The van der Waals surface area contributed by atoms with E-state index in [0.29, 0.717) is 12.8 Å². The maximum atomic E-state index is 13.3. The second kappa shape index (κ2) is 27.7. The van der Waals surface area contributed by atoms with Crippen molar-refractivity contribution in [1.29, 1.82) is 0 Å². The molecule has 26 nitrogen and oxygen atoms in total. The van der Waals surface area contributed by atoms with Gasteiger partial charge in [-0.3, -0.25) is 47.9 Å². The number of hydrogen-bond donors (Lipinski definition) is 15. The zero-order chi connectivity index (χ0) is 47.1. The van der Waals surface area contributed by atoms with E-state index < -0.39 is 139 Å². The molecular formula is C35H62N12O14. The van der Waals surface area contributed by atoms with Gasteiger partial charge in [-0.2, -0.15) is 0 Å². The minimum absolute atomic E-state index is 0.0271. The molecule has 0 rings (SSSR count). The fourth-order valence-corrected chi connectivity index (χ4v) is 4.77. The van der Waals surface area contributed by atoms with Gasteiger partial charge in [0.1, 0.15) is 60.4 Å². The monoisotopic (exact) mass is 874 g/mol. The first-order chi connectivity index (χ1) is 28.4. The topological polar surface area (TPSA) is 421 Å². The van der Waals surface area contributed by atoms with E-state index in [2.05, 4.69) is 47.9 Å². The highest BCUT2D eigenvalue weighted by molar-refractivity contribution is 5.98. The molecule has 0 aromatic heterocycles. The average Bonchev–Trinajstić information content (AvgIpc) is 3.20. The summed E-state index contributed by atoms with van der Waals surface area (Å²) in [7, 11) is 0. The highest BCUT2D eigenvalue weighted by atomic mass is 16.4. The SMILES string of the molecule is C[C@H](NC(=O)CN)C(=O)N[C@@H](C)C(=O)N[C@@H](C)C(=O)N[C@@H](CCCCN)C(=O)N[C@@H](CO)C(=O)N[C@@H](C)C(=O)N[C@@H](C)C(=O)N[C@@H](C)C(=O)N[C@@H](C)C(=O)N[C@@H](CO)C(=O)O. The molecule has 10 amide bonds. The lowest BCUT2D eigenvalue weighted by atomic mass is 10.1. The minimum Gasteiger partial charge on any atom is -0.480 e. The first kappa shape index (κ1) is 55.0. The fourth-order valence-electron chi connectivity index (χ4n) is 4.77. The number of nitrogens with two attached hydrogens (primary N) is 2. The highest BCUT2D eigenvalue weighted by Gasteiger charge is 2.31. The van der Waals surface area contributed by atoms with Crippen LogP contribution >= 0.6 is 0 Å². The van der Waals surface area contributed by atoms with Gasteiger partial charge in [0.25, 0.3) is 0 Å². The van der Waals surface area contributed by atoms with Crippen LogP contribution in [0, 0.1) is 0 Å². The second-order valence-corrected chi connectivity index (χ2v) is 14.0. The summed E-state index contributed by atoms with van der Waals surface area (Å²) in [5.74, 6) is -9.81. The van der Waals surface area contributed by atoms with Crippen molar-refractivity contribution in [3.05, 3.63) is 0 Å². The Morgan fingerprint density at radius 1 is 0.393 bits per heavy atom. The van der Waals surface area contributed by atoms with Gasteiger partial charge in [-0.15, -0.1) is 0 Å². The van der Waals surface area contributed by atoms with Crippen LogP contribution in [-0.2, 0) is 52.7 Å². The number of aliphatic hydroxyl groups is 2. The molecular weight excluding hydrogens is 812 g/mol. The lowest BCUT2D eigenvalue weighted by Crippen LogP contribution is -2.60. The van der Waals surface area contributed by atoms with Crippen LogP contribution in [0.2, 0.25) is 0 Å². The first-order valence-electron chi connectivity index (χ1n) is 19.3. The van der Waals surface area contributed by atoms with Gasteiger partial charge in [-0.1, -0.05) is 0 Å². The summed E-state index contributed by atoms with van der Waals surface area (Å²) in [5, 5.41) is 51.1. The Hall–Kier alpha value is -5.99. The van der Waals surface area contributed by atoms with Gasteiger partial charge in [0.2, 0.25) is 59.1 Å². The van der Waals surface area contributed by atoms with E-state index in [1.54, 1.807) is 0 Å². The van der Waals surface area contributed by atoms with Crippen LogP contribution in [0.5, 0.6) is 0 Å². The number of carboxylic acids is 1. The van der Waals surface area contributed by atoms with Crippen molar-refractivity contribution in [1.82, 2.24) is 53.2 Å². The Kier molecular flexibility index (Phi) is 25.0. The number of aliphatic carboxylic acids is 1. The van der Waals surface area contributed by atoms with Crippen molar-refractivity contribution in [3.63, 3.8) is 0 Å². The summed E-state index contributed by atoms with van der Waals surface area (Å²) in [6.07, 6.45) is 0.822. The van der Waals surface area contributed by atoms with Crippen LogP contribution in [0.1, 0.15) is 67.7 Å². The van der Waals surface area contributed by atoms with Crippen molar-refractivity contribution < 1.29 is 68.1 Å². The van der Waals surface area contributed by atoms with Crippen LogP contribution in [0.3, 0.4) is 0 Å². The number of aliphatic hydroxyl groups excluding tert-OH is 2. The van der Waals surface area contributed by atoms with Gasteiger partial charge in [0.05, 0.1) is 19.8 Å². The molecule has 0 unspecified atom stereocenters. The summed E-state index contributed by atoms with van der Waals surface area (Å²) < 4.78 is 0. The van der Waals surface area contributed by atoms with Gasteiger partial charge in [-0.05, 0) is 74.3 Å². The third-order valence-corrected chi connectivity index (χ3v) is 8.66. The van der Waals surface area contributed by atoms with E-state index in [0.717, 1.165) is 0 Å². The predicted octanol–water partition coefficient (Wildman–Crippen LogP) is -7.87. The Labute approximate surface area is 351 Å². The maximum Gasteiger partial charge on any atom is 0.328 e. The van der Waals surface area contributed by atoms with Crippen LogP contribution in [0.25, 0.3) is 0 Å². The number of carboxylic acid groups (broad SMARTS) is 1. The van der Waals surface area contributed by atoms with Crippen molar-refractivity contribution in [2.45, 2.75) is 128 Å². The molecule has 0 heterocycles. The third kappa shape index (κ3) is 20.2. The number of amides is 10. The van der Waals surface area contributed by atoms with E-state index in [9.17, 15) is 57.8 Å². The molecule has 0 aromatic carbocycles. The molecule has 0 fully saturated rings. The third-order valence-electron chi connectivity index (χ3n) is 8.66. The molecule has 0 saturated heterocycles. The van der Waals surface area contributed by atoms with Gasteiger partial charge < -0.3 is 80.0 Å². The average molecular weight is 875 g/mol. The van der Waals surface area contributed by atoms with Crippen molar-refractivity contribution in [2.75, 3.05) is 26.3 Å². The lowest BCUT2D eigenvalue weighted by molar-refractivity contribution is -0.143. The first-order valence-corrected chi connectivity index (χ1v) is 19.3. The summed E-state index contributed by atoms with van der Waals surface area (Å²) in [4.78, 5) is 137. The van der Waals surface area contributed by atoms with E-state index in [4.69, 9.17) is 21.7 Å². The van der Waals surface area contributed by atoms with Crippen LogP contribution in [-0.4, -0.2) is 167 Å². The summed E-state index contributed by atoms with van der Waals surface area (Å²) >= 11 is 0. The Morgan fingerprint density at radius 3 is 0.984 bits per heavy atom. The summed E-state index contributed by atoms with van der Waals surface area (Å²) in [6.45, 7) is 7.09. The molecule has 10 atom stereocenters. The van der Waals surface area contributed by atoms with Crippen molar-refractivity contribution in [3.8, 4) is 0 Å². The standard InChI is InChI=1S/C35H62N12O14/c1-15(38-25(50)12-37)26(51)39-16(2)28(53)42-20(6)31(56)45-22(10-8-9-11-36)33(58)46-23(13-48)34(59)44-19(5)30(55)41-17(3)27(52)40-18(4)29(54)43-21(7)32(57)47-24(14-49)35(60)61/h15-24,48-49H,8-14,36-37H2,1-7H3,(H,38,50)(H,39,51)(H,40,52)(H,41,55)(H,42,53)(H,43,54)(H,44,59)(H,45,56)(H,46,58)(H,47,57)(H,60,61)/t15-,16-,17-,18-,19-,20-,21-,22-,23-,24-/m0/s1. The Bertz CT molecular complexity index is 1580. The molecule has 26 heteroatoms.